The number of hydrogen-bond donors (Lipinski definition) is 0. The monoisotopic (exact) mass is 437 g/mol. The van der Waals surface area contributed by atoms with E-state index in [1.807, 2.05) is 55.5 Å². The maximum Gasteiger partial charge on any atom is 0.125 e. The first-order valence-electron chi connectivity index (χ1n) is 11.4. The van der Waals surface area contributed by atoms with Gasteiger partial charge in [-0.25, -0.2) is 0 Å². The zero-order valence-electron chi connectivity index (χ0n) is 19.9. The molecule has 5 nitrogen and oxygen atoms in total. The molecule has 32 heavy (non-hydrogen) atoms. The molecule has 0 aromatic heterocycles. The molecule has 2 atom stereocenters. The molecule has 1 saturated carbocycles. The van der Waals surface area contributed by atoms with Crippen molar-refractivity contribution in [2.24, 2.45) is 5.16 Å². The second-order valence-corrected chi connectivity index (χ2v) is 8.16. The van der Waals surface area contributed by atoms with Crippen LogP contribution in [0.5, 0.6) is 17.2 Å². The topological polar surface area (TPSA) is 49.3 Å². The molecule has 172 valence electrons. The average molecular weight is 438 g/mol. The number of nitrogens with zero attached hydrogens (tertiary/aromatic N) is 1. The van der Waals surface area contributed by atoms with Crippen LogP contribution in [0.25, 0.3) is 0 Å². The van der Waals surface area contributed by atoms with Crippen molar-refractivity contribution in [1.29, 1.82) is 0 Å². The number of ether oxygens (including phenoxy) is 3. The molecule has 5 heteroatoms. The van der Waals surface area contributed by atoms with Crippen molar-refractivity contribution in [3.63, 3.8) is 0 Å². The summed E-state index contributed by atoms with van der Waals surface area (Å²) in [5.74, 6) is 2.72. The Morgan fingerprint density at radius 2 is 1.66 bits per heavy atom. The fourth-order valence-electron chi connectivity index (χ4n) is 4.05. The van der Waals surface area contributed by atoms with Crippen molar-refractivity contribution >= 4 is 5.71 Å². The Morgan fingerprint density at radius 1 is 1.00 bits per heavy atom. The number of aryl methyl sites for hydroxylation is 2. The molecule has 2 aromatic rings. The Balaban J connectivity index is 1.56. The SMILES string of the molecule is C/C=C/COc1cc(C)c(OC2CCC(Oc3ccc(C(CC)=NOC)cc3)C2)c(C)c1. The van der Waals surface area contributed by atoms with Crippen LogP contribution in [0.2, 0.25) is 0 Å². The fraction of sp³-hybridized carbons (Fsp3) is 0.444. The van der Waals surface area contributed by atoms with Gasteiger partial charge in [-0.3, -0.25) is 0 Å². The number of benzene rings is 2. The molecule has 0 radical (unpaired) electrons. The predicted octanol–water partition coefficient (Wildman–Crippen LogP) is 6.40. The van der Waals surface area contributed by atoms with Crippen LogP contribution in [0.4, 0.5) is 0 Å². The summed E-state index contributed by atoms with van der Waals surface area (Å²) < 4.78 is 18.4. The normalized spacial score (nSPS) is 18.7. The highest BCUT2D eigenvalue weighted by atomic mass is 16.6. The highest BCUT2D eigenvalue weighted by Gasteiger charge is 2.28. The van der Waals surface area contributed by atoms with E-state index < -0.39 is 0 Å². The first-order chi connectivity index (χ1) is 15.5. The molecular formula is C27H35NO4. The summed E-state index contributed by atoms with van der Waals surface area (Å²) in [6.45, 7) is 8.79. The van der Waals surface area contributed by atoms with Crippen LogP contribution in [0.15, 0.2) is 53.7 Å². The van der Waals surface area contributed by atoms with Crippen molar-refractivity contribution in [2.75, 3.05) is 13.7 Å². The number of hydrogen-bond acceptors (Lipinski definition) is 5. The molecule has 2 aromatic carbocycles. The molecule has 0 heterocycles. The van der Waals surface area contributed by atoms with E-state index in [9.17, 15) is 0 Å². The summed E-state index contributed by atoms with van der Waals surface area (Å²) in [7, 11) is 1.57. The third kappa shape index (κ3) is 6.28. The fourth-order valence-corrected chi connectivity index (χ4v) is 4.05. The van der Waals surface area contributed by atoms with E-state index in [2.05, 4.69) is 25.9 Å². The van der Waals surface area contributed by atoms with E-state index in [-0.39, 0.29) is 12.2 Å². The molecule has 0 aliphatic heterocycles. The van der Waals surface area contributed by atoms with Gasteiger partial charge in [-0.15, -0.1) is 0 Å². The standard InChI is InChI=1S/C27H35NO4/c1-6-8-15-30-25-16-19(3)27(20(4)17-25)32-24-14-13-23(18-24)31-22-11-9-21(10-12-22)26(7-2)28-29-5/h6,8-12,16-17,23-24H,7,13-15,18H2,1-5H3/b8-6+,28-26?. The maximum absolute atomic E-state index is 6.40. The molecule has 3 rings (SSSR count). The van der Waals surface area contributed by atoms with Gasteiger partial charge in [0.2, 0.25) is 0 Å². The summed E-state index contributed by atoms with van der Waals surface area (Å²) in [6, 6.07) is 12.2. The number of oxime groups is 1. The quantitative estimate of drug-likeness (QED) is 0.245. The summed E-state index contributed by atoms with van der Waals surface area (Å²) in [6.07, 6.45) is 7.98. The Kier molecular flexibility index (Phi) is 8.60. The third-order valence-electron chi connectivity index (χ3n) is 5.66. The van der Waals surface area contributed by atoms with E-state index in [1.54, 1.807) is 7.11 Å². The lowest BCUT2D eigenvalue weighted by molar-refractivity contribution is 0.164. The van der Waals surface area contributed by atoms with Gasteiger partial charge in [0.05, 0.1) is 5.71 Å². The van der Waals surface area contributed by atoms with Gasteiger partial charge >= 0.3 is 0 Å². The van der Waals surface area contributed by atoms with Crippen LogP contribution in [-0.2, 0) is 4.84 Å². The van der Waals surface area contributed by atoms with Crippen LogP contribution in [0.3, 0.4) is 0 Å². The van der Waals surface area contributed by atoms with E-state index in [0.29, 0.717) is 6.61 Å². The lowest BCUT2D eigenvalue weighted by Gasteiger charge is -2.19. The minimum absolute atomic E-state index is 0.159. The zero-order chi connectivity index (χ0) is 22.9. The lowest BCUT2D eigenvalue weighted by atomic mass is 10.1. The van der Waals surface area contributed by atoms with Crippen molar-refractivity contribution in [3.8, 4) is 17.2 Å². The van der Waals surface area contributed by atoms with Crippen molar-refractivity contribution in [2.45, 2.75) is 65.6 Å². The first kappa shape index (κ1) is 23.7. The van der Waals surface area contributed by atoms with E-state index in [1.165, 1.54) is 0 Å². The van der Waals surface area contributed by atoms with Gasteiger partial charge in [0.1, 0.15) is 43.2 Å². The minimum Gasteiger partial charge on any atom is -0.490 e. The van der Waals surface area contributed by atoms with Crippen LogP contribution in [0.1, 0.15) is 56.2 Å². The molecule has 0 spiro atoms. The highest BCUT2D eigenvalue weighted by molar-refractivity contribution is 6.00. The van der Waals surface area contributed by atoms with Gasteiger partial charge in [-0.05, 0) is 93.1 Å². The Morgan fingerprint density at radius 3 is 2.25 bits per heavy atom. The second kappa shape index (κ2) is 11.6. The van der Waals surface area contributed by atoms with Crippen molar-refractivity contribution in [3.05, 3.63) is 65.2 Å². The number of allylic oxidation sites excluding steroid dienone is 1. The molecule has 2 unspecified atom stereocenters. The van der Waals surface area contributed by atoms with E-state index in [4.69, 9.17) is 19.0 Å². The maximum atomic E-state index is 6.40. The Bertz CT molecular complexity index is 910. The third-order valence-corrected chi connectivity index (χ3v) is 5.66. The van der Waals surface area contributed by atoms with Gasteiger partial charge < -0.3 is 19.0 Å². The smallest absolute Gasteiger partial charge is 0.125 e. The average Bonchev–Trinajstić information content (AvgIpc) is 3.22. The zero-order valence-corrected chi connectivity index (χ0v) is 19.9. The molecule has 0 N–H and O–H groups in total. The molecular weight excluding hydrogens is 402 g/mol. The summed E-state index contributed by atoms with van der Waals surface area (Å²) >= 11 is 0. The predicted molar refractivity (Wildman–Crippen MR) is 129 cm³/mol. The first-order valence-corrected chi connectivity index (χ1v) is 11.4. The molecule has 0 bridgehead atoms. The van der Waals surface area contributed by atoms with Gasteiger partial charge in [0.25, 0.3) is 0 Å². The summed E-state index contributed by atoms with van der Waals surface area (Å²) in [5.41, 5.74) is 4.19. The van der Waals surface area contributed by atoms with Gasteiger partial charge in [-0.2, -0.15) is 0 Å². The summed E-state index contributed by atoms with van der Waals surface area (Å²) in [5, 5.41) is 4.08. The van der Waals surface area contributed by atoms with Crippen LogP contribution in [0, 0.1) is 13.8 Å². The Hall–Kier alpha value is -2.95. The Labute approximate surface area is 192 Å². The van der Waals surface area contributed by atoms with E-state index in [0.717, 1.165) is 65.3 Å². The molecule has 1 aliphatic carbocycles. The van der Waals surface area contributed by atoms with Gasteiger partial charge in [0, 0.05) is 6.42 Å². The summed E-state index contributed by atoms with van der Waals surface area (Å²) in [4.78, 5) is 4.93. The van der Waals surface area contributed by atoms with E-state index >= 15 is 0 Å². The van der Waals surface area contributed by atoms with Crippen LogP contribution < -0.4 is 14.2 Å². The molecule has 0 saturated heterocycles. The molecule has 0 amide bonds. The van der Waals surface area contributed by atoms with Crippen LogP contribution >= 0.6 is 0 Å². The van der Waals surface area contributed by atoms with Crippen LogP contribution in [-0.4, -0.2) is 31.6 Å². The van der Waals surface area contributed by atoms with Gasteiger partial charge in [-0.1, -0.05) is 24.2 Å². The molecule has 1 aliphatic rings. The number of rotatable bonds is 10. The van der Waals surface area contributed by atoms with Crippen molar-refractivity contribution in [1.82, 2.24) is 0 Å². The minimum atomic E-state index is 0.159. The highest BCUT2D eigenvalue weighted by Crippen LogP contribution is 2.33. The second-order valence-electron chi connectivity index (χ2n) is 8.16. The molecule has 1 fully saturated rings. The largest absolute Gasteiger partial charge is 0.490 e. The van der Waals surface area contributed by atoms with Crippen molar-refractivity contribution < 1.29 is 19.0 Å². The lowest BCUT2D eigenvalue weighted by Crippen LogP contribution is -2.18. The van der Waals surface area contributed by atoms with Gasteiger partial charge in [0.15, 0.2) is 0 Å².